The van der Waals surface area contributed by atoms with Gasteiger partial charge in [0.2, 0.25) is 0 Å². The molecule has 0 aliphatic heterocycles. The lowest BCUT2D eigenvalue weighted by molar-refractivity contribution is 0.575. The quantitative estimate of drug-likeness (QED) is 0.596. The van der Waals surface area contributed by atoms with Crippen molar-refractivity contribution in [3.8, 4) is 0 Å². The summed E-state index contributed by atoms with van der Waals surface area (Å²) in [6, 6.07) is 3.99. The maximum atomic E-state index is 5.92. The van der Waals surface area contributed by atoms with Crippen LogP contribution in [0.25, 0.3) is 0 Å². The number of nitrogens with two attached hydrogens (primary N) is 1. The van der Waals surface area contributed by atoms with Crippen LogP contribution in [0.4, 0.5) is 0 Å². The van der Waals surface area contributed by atoms with Crippen molar-refractivity contribution in [1.29, 1.82) is 0 Å². The van der Waals surface area contributed by atoms with Gasteiger partial charge in [-0.3, -0.25) is 9.98 Å². The van der Waals surface area contributed by atoms with Gasteiger partial charge in [-0.15, -0.1) is 0 Å². The minimum absolute atomic E-state index is 0.0675. The maximum absolute atomic E-state index is 5.92. The zero-order valence-corrected chi connectivity index (χ0v) is 9.86. The van der Waals surface area contributed by atoms with Crippen molar-refractivity contribution in [2.75, 3.05) is 0 Å². The molecule has 1 atom stereocenters. The molecular weight excluding hydrogens is 186 g/mol. The molecule has 0 bridgehead atoms. The van der Waals surface area contributed by atoms with E-state index in [4.69, 9.17) is 5.73 Å². The summed E-state index contributed by atoms with van der Waals surface area (Å²) in [6.07, 6.45) is 3.58. The Bertz CT molecular complexity index is 336. The SMILES string of the molecule is CC(N=C(N)C(C)(C)C)c1cccnc1. The fourth-order valence-corrected chi connectivity index (χ4v) is 1.10. The van der Waals surface area contributed by atoms with E-state index in [1.54, 1.807) is 6.20 Å². The van der Waals surface area contributed by atoms with E-state index in [9.17, 15) is 0 Å². The van der Waals surface area contributed by atoms with Crippen LogP contribution >= 0.6 is 0 Å². The molecule has 1 aromatic heterocycles. The van der Waals surface area contributed by atoms with Gasteiger partial charge in [0.1, 0.15) is 0 Å². The van der Waals surface area contributed by atoms with E-state index in [0.717, 1.165) is 5.56 Å². The van der Waals surface area contributed by atoms with Crippen molar-refractivity contribution >= 4 is 5.84 Å². The van der Waals surface area contributed by atoms with Crippen LogP contribution < -0.4 is 5.73 Å². The van der Waals surface area contributed by atoms with E-state index >= 15 is 0 Å². The molecule has 1 heterocycles. The van der Waals surface area contributed by atoms with Crippen molar-refractivity contribution in [3.63, 3.8) is 0 Å². The number of aromatic nitrogens is 1. The molecule has 1 rings (SSSR count). The minimum Gasteiger partial charge on any atom is -0.387 e. The normalized spacial score (nSPS) is 15.1. The molecule has 3 heteroatoms. The summed E-state index contributed by atoms with van der Waals surface area (Å²) in [7, 11) is 0. The van der Waals surface area contributed by atoms with Crippen molar-refractivity contribution in [1.82, 2.24) is 4.98 Å². The van der Waals surface area contributed by atoms with Crippen LogP contribution in [-0.4, -0.2) is 10.8 Å². The summed E-state index contributed by atoms with van der Waals surface area (Å²) in [5, 5.41) is 0. The van der Waals surface area contributed by atoms with E-state index in [1.165, 1.54) is 0 Å². The van der Waals surface area contributed by atoms with Gasteiger partial charge in [-0.25, -0.2) is 0 Å². The number of hydrogen-bond donors (Lipinski definition) is 1. The first-order valence-corrected chi connectivity index (χ1v) is 5.15. The van der Waals surface area contributed by atoms with Gasteiger partial charge in [-0.05, 0) is 18.6 Å². The number of aliphatic imine (C=N–C) groups is 1. The number of amidine groups is 1. The summed E-state index contributed by atoms with van der Waals surface area (Å²) in [5.74, 6) is 0.679. The van der Waals surface area contributed by atoms with E-state index in [1.807, 2.05) is 25.3 Å². The predicted octanol–water partition coefficient (Wildman–Crippen LogP) is 2.55. The number of rotatable bonds is 2. The van der Waals surface area contributed by atoms with Gasteiger partial charge in [0.15, 0.2) is 0 Å². The Kier molecular flexibility index (Phi) is 3.45. The summed E-state index contributed by atoms with van der Waals surface area (Å²) in [6.45, 7) is 8.20. The Morgan fingerprint density at radius 3 is 2.60 bits per heavy atom. The third kappa shape index (κ3) is 3.35. The van der Waals surface area contributed by atoms with Gasteiger partial charge >= 0.3 is 0 Å². The van der Waals surface area contributed by atoms with Crippen LogP contribution in [0.2, 0.25) is 0 Å². The number of pyridine rings is 1. The lowest BCUT2D eigenvalue weighted by Gasteiger charge is -2.19. The van der Waals surface area contributed by atoms with Crippen LogP contribution in [0.3, 0.4) is 0 Å². The molecule has 0 saturated heterocycles. The fraction of sp³-hybridized carbons (Fsp3) is 0.500. The second kappa shape index (κ2) is 4.43. The molecule has 2 N–H and O–H groups in total. The Balaban J connectivity index is 2.84. The Morgan fingerprint density at radius 2 is 2.13 bits per heavy atom. The Morgan fingerprint density at radius 1 is 1.47 bits per heavy atom. The molecule has 1 aromatic rings. The summed E-state index contributed by atoms with van der Waals surface area (Å²) < 4.78 is 0. The molecule has 82 valence electrons. The first-order chi connectivity index (χ1) is 6.91. The average molecular weight is 205 g/mol. The van der Waals surface area contributed by atoms with Gasteiger partial charge in [0.25, 0.3) is 0 Å². The van der Waals surface area contributed by atoms with Gasteiger partial charge in [0, 0.05) is 17.8 Å². The third-order valence-corrected chi connectivity index (χ3v) is 2.27. The largest absolute Gasteiger partial charge is 0.387 e. The average Bonchev–Trinajstić information content (AvgIpc) is 2.17. The molecule has 0 amide bonds. The Hall–Kier alpha value is -1.38. The molecule has 0 aliphatic rings. The minimum atomic E-state index is -0.0729. The van der Waals surface area contributed by atoms with Crippen LogP contribution in [0, 0.1) is 5.41 Å². The molecule has 15 heavy (non-hydrogen) atoms. The molecule has 1 unspecified atom stereocenters. The molecule has 0 radical (unpaired) electrons. The predicted molar refractivity (Wildman–Crippen MR) is 63.7 cm³/mol. The second-order valence-electron chi connectivity index (χ2n) is 4.73. The molecular formula is C12H19N3. The van der Waals surface area contributed by atoms with Gasteiger partial charge in [-0.1, -0.05) is 26.8 Å². The second-order valence-corrected chi connectivity index (χ2v) is 4.73. The highest BCUT2D eigenvalue weighted by atomic mass is 14.9. The fourth-order valence-electron chi connectivity index (χ4n) is 1.10. The van der Waals surface area contributed by atoms with Crippen LogP contribution in [0.1, 0.15) is 39.3 Å². The van der Waals surface area contributed by atoms with E-state index in [-0.39, 0.29) is 11.5 Å². The van der Waals surface area contributed by atoms with E-state index in [2.05, 4.69) is 30.7 Å². The molecule has 0 saturated carbocycles. The molecule has 3 nitrogen and oxygen atoms in total. The third-order valence-electron chi connectivity index (χ3n) is 2.27. The van der Waals surface area contributed by atoms with Crippen LogP contribution in [0.5, 0.6) is 0 Å². The monoisotopic (exact) mass is 205 g/mol. The highest BCUT2D eigenvalue weighted by molar-refractivity contribution is 5.85. The number of hydrogen-bond acceptors (Lipinski definition) is 2. The highest BCUT2D eigenvalue weighted by Crippen LogP contribution is 2.19. The van der Waals surface area contributed by atoms with Gasteiger partial charge in [-0.2, -0.15) is 0 Å². The molecule has 0 spiro atoms. The highest BCUT2D eigenvalue weighted by Gasteiger charge is 2.16. The zero-order chi connectivity index (χ0) is 11.5. The lowest BCUT2D eigenvalue weighted by Crippen LogP contribution is -2.29. The maximum Gasteiger partial charge on any atom is 0.0998 e. The molecule has 0 aromatic carbocycles. The van der Waals surface area contributed by atoms with Crippen molar-refractivity contribution < 1.29 is 0 Å². The summed E-state index contributed by atoms with van der Waals surface area (Å²) in [5.41, 5.74) is 6.93. The molecule has 0 aliphatic carbocycles. The standard InChI is InChI=1S/C12H19N3/c1-9(10-6-5-7-14-8-10)15-11(13)12(2,3)4/h5-9H,1-4H3,(H2,13,15). The number of nitrogens with zero attached hydrogens (tertiary/aromatic N) is 2. The van der Waals surface area contributed by atoms with E-state index in [0.29, 0.717) is 5.84 Å². The first kappa shape index (κ1) is 11.7. The Labute approximate surface area is 91.4 Å². The van der Waals surface area contributed by atoms with Gasteiger partial charge < -0.3 is 5.73 Å². The zero-order valence-electron chi connectivity index (χ0n) is 9.86. The molecule has 0 fully saturated rings. The summed E-state index contributed by atoms with van der Waals surface area (Å²) >= 11 is 0. The van der Waals surface area contributed by atoms with Crippen molar-refractivity contribution in [2.24, 2.45) is 16.1 Å². The summed E-state index contributed by atoms with van der Waals surface area (Å²) in [4.78, 5) is 8.54. The van der Waals surface area contributed by atoms with E-state index < -0.39 is 0 Å². The smallest absolute Gasteiger partial charge is 0.0998 e. The van der Waals surface area contributed by atoms with Crippen LogP contribution in [0.15, 0.2) is 29.5 Å². The van der Waals surface area contributed by atoms with Gasteiger partial charge in [0.05, 0.1) is 11.9 Å². The first-order valence-electron chi connectivity index (χ1n) is 5.15. The lowest BCUT2D eigenvalue weighted by atomic mass is 9.95. The van der Waals surface area contributed by atoms with Crippen LogP contribution in [-0.2, 0) is 0 Å². The topological polar surface area (TPSA) is 51.3 Å². The van der Waals surface area contributed by atoms with Crippen molar-refractivity contribution in [3.05, 3.63) is 30.1 Å². The van der Waals surface area contributed by atoms with Crippen molar-refractivity contribution in [2.45, 2.75) is 33.7 Å².